The van der Waals surface area contributed by atoms with Crippen molar-refractivity contribution in [3.63, 3.8) is 0 Å². The summed E-state index contributed by atoms with van der Waals surface area (Å²) in [6.07, 6.45) is 22.0. The van der Waals surface area contributed by atoms with Crippen molar-refractivity contribution >= 4 is 11.8 Å². The van der Waals surface area contributed by atoms with Gasteiger partial charge in [0.15, 0.2) is 18.2 Å². The lowest BCUT2D eigenvalue weighted by atomic mass is 9.88. The van der Waals surface area contributed by atoms with Crippen LogP contribution in [0.4, 0.5) is 0 Å². The molecule has 0 spiro atoms. The smallest absolute Gasteiger partial charge is 0.340 e. The quantitative estimate of drug-likeness (QED) is 0.0909. The van der Waals surface area contributed by atoms with Gasteiger partial charge in [0.25, 0.3) is 0 Å². The van der Waals surface area contributed by atoms with Crippen LogP contribution in [0, 0.1) is 11.8 Å². The van der Waals surface area contributed by atoms with Crippen LogP contribution in [0.2, 0.25) is 0 Å². The van der Waals surface area contributed by atoms with Gasteiger partial charge in [0, 0.05) is 25.6 Å². The summed E-state index contributed by atoms with van der Waals surface area (Å²) in [5.74, 6) is 0.384. The van der Waals surface area contributed by atoms with Crippen molar-refractivity contribution in [2.45, 2.75) is 154 Å². The van der Waals surface area contributed by atoms with Gasteiger partial charge in [-0.1, -0.05) is 43.1 Å². The Morgan fingerprint density at radius 3 is 2.33 bits per heavy atom. The Morgan fingerprint density at radius 1 is 0.952 bits per heavy atom. The highest BCUT2D eigenvalue weighted by Gasteiger charge is 2.48. The number of carbonyl (C=O) groups excluding carboxylic acids is 2. The first-order valence-electron chi connectivity index (χ1n) is 16.8. The molecule has 3 fully saturated rings. The van der Waals surface area contributed by atoms with Gasteiger partial charge >= 0.3 is 5.97 Å². The SMILES string of the molecule is COC(=O)C(C)(OC1CCCCO1)C(CCCC[C@H]1C(=O)CC[C@@H]1/C=C/CCCCCC=C(C)C)OC1CCCCO1. The molecule has 2 heterocycles. The molecule has 3 aliphatic rings. The highest BCUT2D eigenvalue weighted by molar-refractivity contribution is 5.83. The van der Waals surface area contributed by atoms with Gasteiger partial charge in [-0.2, -0.15) is 0 Å². The van der Waals surface area contributed by atoms with Crippen molar-refractivity contribution in [3.05, 3.63) is 23.8 Å². The van der Waals surface area contributed by atoms with E-state index in [2.05, 4.69) is 32.1 Å². The summed E-state index contributed by atoms with van der Waals surface area (Å²) in [4.78, 5) is 25.9. The Balaban J connectivity index is 1.53. The number of allylic oxidation sites excluding steroid dienone is 4. The van der Waals surface area contributed by atoms with Crippen molar-refractivity contribution in [1.82, 2.24) is 0 Å². The van der Waals surface area contributed by atoms with Crippen LogP contribution in [0.3, 0.4) is 0 Å². The Kier molecular flexibility index (Phi) is 15.8. The third-order valence-electron chi connectivity index (χ3n) is 9.07. The van der Waals surface area contributed by atoms with E-state index in [9.17, 15) is 9.59 Å². The van der Waals surface area contributed by atoms with Crippen molar-refractivity contribution in [2.24, 2.45) is 11.8 Å². The van der Waals surface area contributed by atoms with Crippen LogP contribution < -0.4 is 0 Å². The molecule has 3 rings (SSSR count). The average molecular weight is 591 g/mol. The monoisotopic (exact) mass is 590 g/mol. The Labute approximate surface area is 255 Å². The lowest BCUT2D eigenvalue weighted by Crippen LogP contribution is -2.55. The molecule has 7 heteroatoms. The van der Waals surface area contributed by atoms with Crippen molar-refractivity contribution in [2.75, 3.05) is 20.3 Å². The number of methoxy groups -OCH3 is 1. The Morgan fingerprint density at radius 2 is 1.67 bits per heavy atom. The fraction of sp³-hybridized carbons (Fsp3) is 0.829. The molecule has 1 aliphatic carbocycles. The fourth-order valence-corrected chi connectivity index (χ4v) is 6.49. The number of unbranched alkanes of at least 4 members (excludes halogenated alkanes) is 5. The van der Waals surface area contributed by atoms with Crippen LogP contribution in [-0.4, -0.2) is 56.4 Å². The van der Waals surface area contributed by atoms with Gasteiger partial charge in [-0.15, -0.1) is 0 Å². The van der Waals surface area contributed by atoms with E-state index < -0.39 is 24.0 Å². The maximum absolute atomic E-state index is 13.2. The molecule has 42 heavy (non-hydrogen) atoms. The summed E-state index contributed by atoms with van der Waals surface area (Å²) in [6.45, 7) is 7.37. The maximum atomic E-state index is 13.2. The number of esters is 1. The first kappa shape index (κ1) is 34.9. The number of rotatable bonds is 18. The highest BCUT2D eigenvalue weighted by atomic mass is 16.7. The largest absolute Gasteiger partial charge is 0.467 e. The molecule has 0 aromatic rings. The predicted octanol–water partition coefficient (Wildman–Crippen LogP) is 8.00. The predicted molar refractivity (Wildman–Crippen MR) is 165 cm³/mol. The Bertz CT molecular complexity index is 851. The summed E-state index contributed by atoms with van der Waals surface area (Å²) in [6, 6.07) is 0. The summed E-state index contributed by atoms with van der Waals surface area (Å²) >= 11 is 0. The normalized spacial score (nSPS) is 27.1. The lowest BCUT2D eigenvalue weighted by Gasteiger charge is -2.40. The van der Waals surface area contributed by atoms with Crippen LogP contribution in [0.1, 0.15) is 130 Å². The van der Waals surface area contributed by atoms with Crippen molar-refractivity contribution in [3.8, 4) is 0 Å². The molecule has 0 aromatic carbocycles. The van der Waals surface area contributed by atoms with Crippen LogP contribution in [-0.2, 0) is 33.3 Å². The third kappa shape index (κ3) is 11.5. The molecule has 6 atom stereocenters. The lowest BCUT2D eigenvalue weighted by molar-refractivity contribution is -0.280. The zero-order valence-corrected chi connectivity index (χ0v) is 26.9. The maximum Gasteiger partial charge on any atom is 0.340 e. The number of Topliss-reactive ketones (excluding diaryl/α,β-unsaturated/α-hetero) is 1. The molecule has 0 radical (unpaired) electrons. The molecular weight excluding hydrogens is 532 g/mol. The van der Waals surface area contributed by atoms with E-state index in [1.54, 1.807) is 6.92 Å². The summed E-state index contributed by atoms with van der Waals surface area (Å²) < 4.78 is 29.8. The van der Waals surface area contributed by atoms with Gasteiger partial charge in [0.1, 0.15) is 11.9 Å². The van der Waals surface area contributed by atoms with E-state index in [1.807, 2.05) is 0 Å². The topological polar surface area (TPSA) is 80.3 Å². The van der Waals surface area contributed by atoms with Gasteiger partial charge in [-0.25, -0.2) is 4.79 Å². The summed E-state index contributed by atoms with van der Waals surface area (Å²) in [5.41, 5.74) is 0.0884. The minimum absolute atomic E-state index is 0.0962. The van der Waals surface area contributed by atoms with Gasteiger partial charge in [-0.05, 0) is 110 Å². The van der Waals surface area contributed by atoms with E-state index in [4.69, 9.17) is 23.7 Å². The van der Waals surface area contributed by atoms with Crippen molar-refractivity contribution < 1.29 is 33.3 Å². The number of carbonyl (C=O) groups is 2. The van der Waals surface area contributed by atoms with E-state index in [0.29, 0.717) is 37.8 Å². The van der Waals surface area contributed by atoms with E-state index >= 15 is 0 Å². The fourth-order valence-electron chi connectivity index (χ4n) is 6.49. The molecule has 0 aromatic heterocycles. The molecule has 0 N–H and O–H groups in total. The zero-order valence-electron chi connectivity index (χ0n) is 26.9. The van der Waals surface area contributed by atoms with Crippen LogP contribution in [0.5, 0.6) is 0 Å². The number of ketones is 1. The first-order chi connectivity index (χ1) is 20.3. The van der Waals surface area contributed by atoms with Gasteiger partial charge in [-0.3, -0.25) is 4.79 Å². The second-order valence-electron chi connectivity index (χ2n) is 12.8. The molecule has 1 saturated carbocycles. The molecule has 0 amide bonds. The molecule has 4 unspecified atom stereocenters. The van der Waals surface area contributed by atoms with Crippen LogP contribution in [0.25, 0.3) is 0 Å². The standard InChI is InChI=1S/C35H58O7/c1-27(2)17-9-7-5-6-8-10-18-28-23-24-30(36)29(28)19-11-12-20-31(41-32-21-13-15-25-39-32)35(3,34(37)38-4)42-33-22-14-16-26-40-33/h10,17-18,28-29,31-33H,5-9,11-16,19-26H2,1-4H3/b18-10+/t28-,29+,31?,32?,33?,35?/m0/s1. The van der Waals surface area contributed by atoms with E-state index in [1.165, 1.54) is 38.4 Å². The minimum atomic E-state index is -1.31. The van der Waals surface area contributed by atoms with E-state index in [0.717, 1.165) is 70.6 Å². The number of hydrogen-bond donors (Lipinski definition) is 0. The van der Waals surface area contributed by atoms with Gasteiger partial charge in [0.05, 0.1) is 7.11 Å². The summed E-state index contributed by atoms with van der Waals surface area (Å²) in [5, 5.41) is 0. The molecule has 7 nitrogen and oxygen atoms in total. The van der Waals surface area contributed by atoms with Crippen LogP contribution in [0.15, 0.2) is 23.8 Å². The van der Waals surface area contributed by atoms with E-state index in [-0.39, 0.29) is 12.2 Å². The van der Waals surface area contributed by atoms with Crippen LogP contribution >= 0.6 is 0 Å². The molecule has 2 saturated heterocycles. The van der Waals surface area contributed by atoms with Gasteiger partial charge < -0.3 is 23.7 Å². The average Bonchev–Trinajstić information content (AvgIpc) is 3.34. The molecule has 240 valence electrons. The minimum Gasteiger partial charge on any atom is -0.467 e. The van der Waals surface area contributed by atoms with Gasteiger partial charge in [0.2, 0.25) is 0 Å². The second-order valence-corrected chi connectivity index (χ2v) is 12.8. The van der Waals surface area contributed by atoms with Crippen molar-refractivity contribution in [1.29, 1.82) is 0 Å². The summed E-state index contributed by atoms with van der Waals surface area (Å²) in [7, 11) is 1.39. The number of ether oxygens (including phenoxy) is 5. The Hall–Kier alpha value is -1.54. The number of hydrogen-bond acceptors (Lipinski definition) is 7. The molecule has 2 aliphatic heterocycles. The zero-order chi connectivity index (χ0) is 30.2. The third-order valence-corrected chi connectivity index (χ3v) is 9.07. The second kappa shape index (κ2) is 19.0. The molecule has 0 bridgehead atoms. The molecular formula is C35H58O7. The first-order valence-corrected chi connectivity index (χ1v) is 16.8. The highest BCUT2D eigenvalue weighted by Crippen LogP contribution is 2.36.